The predicted octanol–water partition coefficient (Wildman–Crippen LogP) is 4.05. The minimum absolute atomic E-state index is 0. The summed E-state index contributed by atoms with van der Waals surface area (Å²) in [5, 5.41) is 23.5. The summed E-state index contributed by atoms with van der Waals surface area (Å²) in [4.78, 5) is 12.3. The molecule has 0 saturated heterocycles. The first kappa shape index (κ1) is 30.1. The van der Waals surface area contributed by atoms with E-state index in [4.69, 9.17) is 16.7 Å². The van der Waals surface area contributed by atoms with Crippen molar-refractivity contribution < 1.29 is 23.4 Å². The Balaban J connectivity index is 0.00000400. The lowest BCUT2D eigenvalue weighted by atomic mass is 9.86. The van der Waals surface area contributed by atoms with Crippen LogP contribution in [0, 0.1) is 0 Å². The van der Waals surface area contributed by atoms with Gasteiger partial charge in [-0.25, -0.2) is 13.1 Å². The van der Waals surface area contributed by atoms with Crippen LogP contribution in [0.4, 0.5) is 0 Å². The number of carbonyl (C=O) groups is 1. The van der Waals surface area contributed by atoms with Crippen molar-refractivity contribution in [2.24, 2.45) is 0 Å². The van der Waals surface area contributed by atoms with Crippen molar-refractivity contribution in [1.82, 2.24) is 10.0 Å². The molecule has 0 radical (unpaired) electrons. The fourth-order valence-electron chi connectivity index (χ4n) is 4.51. The highest BCUT2D eigenvalue weighted by Crippen LogP contribution is 2.28. The number of halogens is 2. The summed E-state index contributed by atoms with van der Waals surface area (Å²) >= 11 is 5.94. The quantitative estimate of drug-likeness (QED) is 0.288. The van der Waals surface area contributed by atoms with E-state index < -0.39 is 22.0 Å². The molecule has 204 valence electrons. The topological polar surface area (TPSA) is 116 Å². The van der Waals surface area contributed by atoms with E-state index in [1.54, 1.807) is 36.4 Å². The Morgan fingerprint density at radius 1 is 1.00 bits per heavy atom. The summed E-state index contributed by atoms with van der Waals surface area (Å²) < 4.78 is 25.9. The summed E-state index contributed by atoms with van der Waals surface area (Å²) in [5.41, 5.74) is 5.58. The van der Waals surface area contributed by atoms with Crippen LogP contribution in [0.25, 0.3) is 11.1 Å². The molecule has 0 saturated carbocycles. The minimum atomic E-state index is -3.78. The molecular weight excluding hydrogens is 547 g/mol. The minimum Gasteiger partial charge on any atom is -0.396 e. The van der Waals surface area contributed by atoms with Crippen molar-refractivity contribution in [3.63, 3.8) is 0 Å². The van der Waals surface area contributed by atoms with Gasteiger partial charge in [-0.05, 0) is 77.8 Å². The van der Waals surface area contributed by atoms with Crippen LogP contribution in [0.15, 0.2) is 66.7 Å². The molecule has 10 heteroatoms. The fraction of sp³-hybridized carbons (Fsp3) is 0.321. The van der Waals surface area contributed by atoms with Gasteiger partial charge in [0.05, 0.1) is 11.9 Å². The van der Waals surface area contributed by atoms with Gasteiger partial charge in [-0.15, -0.1) is 12.4 Å². The van der Waals surface area contributed by atoms with E-state index in [0.29, 0.717) is 11.6 Å². The zero-order chi connectivity index (χ0) is 26.4. The number of aliphatic hydroxyl groups is 2. The third kappa shape index (κ3) is 8.02. The highest BCUT2D eigenvalue weighted by Gasteiger charge is 2.20. The third-order valence-corrected chi connectivity index (χ3v) is 8.16. The zero-order valence-corrected chi connectivity index (χ0v) is 23.2. The first-order valence-corrected chi connectivity index (χ1v) is 14.3. The van der Waals surface area contributed by atoms with E-state index in [9.17, 15) is 18.3 Å². The van der Waals surface area contributed by atoms with Crippen LogP contribution >= 0.6 is 24.0 Å². The molecule has 38 heavy (non-hydrogen) atoms. The number of fused-ring (bicyclic) bond motifs is 1. The Bertz CT molecular complexity index is 1330. The number of aryl methyl sites for hydroxylation is 1. The number of carbonyl (C=O) groups excluding carboxylic acids is 1. The van der Waals surface area contributed by atoms with Gasteiger partial charge in [0, 0.05) is 29.8 Å². The lowest BCUT2D eigenvalue weighted by Crippen LogP contribution is -2.37. The SMILES string of the molecule is Cl.O=C(NS(=O)(=O)CCCO)c1ccc(-c2ccc3c(c2)C[C@@H](NC[C@@H](O)c2ccc(Cl)cc2)CC3)cc1. The maximum absolute atomic E-state index is 12.3. The maximum atomic E-state index is 12.3. The van der Waals surface area contributed by atoms with Gasteiger partial charge >= 0.3 is 0 Å². The van der Waals surface area contributed by atoms with E-state index in [0.717, 1.165) is 36.0 Å². The third-order valence-electron chi connectivity index (χ3n) is 6.59. The summed E-state index contributed by atoms with van der Waals surface area (Å²) in [6, 6.07) is 20.7. The zero-order valence-electron chi connectivity index (χ0n) is 20.8. The van der Waals surface area contributed by atoms with Crippen LogP contribution in [0.3, 0.4) is 0 Å². The summed E-state index contributed by atoms with van der Waals surface area (Å²) in [5.74, 6) is -0.997. The lowest BCUT2D eigenvalue weighted by molar-refractivity contribution is 0.0981. The molecule has 0 bridgehead atoms. The number of sulfonamides is 1. The standard InChI is InChI=1S/C28H31ClN2O5S.ClH/c29-25-11-8-21(9-12-25)27(33)18-30-26-13-10-20-4-7-23(16-24(20)17-26)19-2-5-22(6-3-19)28(34)31-37(35,36)15-1-14-32;/h2-9,11-12,16,26-27,30,32-33H,1,10,13-15,17-18H2,(H,31,34);1H/t26-,27+;/m0./s1. The number of rotatable bonds is 10. The Hall–Kier alpha value is -2.46. The van der Waals surface area contributed by atoms with Crippen molar-refractivity contribution in [3.8, 4) is 11.1 Å². The molecule has 2 atom stereocenters. The van der Waals surface area contributed by atoms with Gasteiger partial charge < -0.3 is 15.5 Å². The molecule has 0 heterocycles. The molecule has 1 amide bonds. The average Bonchev–Trinajstić information content (AvgIpc) is 2.90. The molecule has 0 aromatic heterocycles. The van der Waals surface area contributed by atoms with Gasteiger partial charge in [-0.1, -0.05) is 54.1 Å². The van der Waals surface area contributed by atoms with Crippen molar-refractivity contribution in [2.75, 3.05) is 18.9 Å². The predicted molar refractivity (Wildman–Crippen MR) is 152 cm³/mol. The maximum Gasteiger partial charge on any atom is 0.264 e. The molecule has 0 spiro atoms. The number of amides is 1. The molecule has 7 nitrogen and oxygen atoms in total. The number of aliphatic hydroxyl groups excluding tert-OH is 2. The molecule has 0 fully saturated rings. The van der Waals surface area contributed by atoms with E-state index in [2.05, 4.69) is 23.5 Å². The van der Waals surface area contributed by atoms with Gasteiger partial charge in [0.15, 0.2) is 0 Å². The Labute approximate surface area is 234 Å². The van der Waals surface area contributed by atoms with Crippen molar-refractivity contribution in [1.29, 1.82) is 0 Å². The molecule has 4 N–H and O–H groups in total. The largest absolute Gasteiger partial charge is 0.396 e. The second-order valence-corrected chi connectivity index (χ2v) is 11.6. The van der Waals surface area contributed by atoms with Crippen LogP contribution < -0.4 is 10.0 Å². The van der Waals surface area contributed by atoms with Crippen molar-refractivity contribution in [3.05, 3.63) is 94.0 Å². The normalized spacial score (nSPS) is 15.7. The molecule has 3 aromatic rings. The van der Waals surface area contributed by atoms with Gasteiger partial charge in [0.2, 0.25) is 10.0 Å². The van der Waals surface area contributed by atoms with Gasteiger partial charge in [-0.3, -0.25) is 4.79 Å². The van der Waals surface area contributed by atoms with E-state index in [1.807, 2.05) is 16.9 Å². The second kappa shape index (κ2) is 13.6. The van der Waals surface area contributed by atoms with Crippen LogP contribution in [0.2, 0.25) is 5.02 Å². The van der Waals surface area contributed by atoms with Crippen molar-refractivity contribution >= 4 is 39.9 Å². The molecule has 1 aliphatic rings. The smallest absolute Gasteiger partial charge is 0.264 e. The monoisotopic (exact) mass is 578 g/mol. The van der Waals surface area contributed by atoms with E-state index in [-0.39, 0.29) is 42.8 Å². The van der Waals surface area contributed by atoms with Crippen molar-refractivity contribution in [2.45, 2.75) is 37.8 Å². The molecule has 4 rings (SSSR count). The highest BCUT2D eigenvalue weighted by atomic mass is 35.5. The average molecular weight is 580 g/mol. The van der Waals surface area contributed by atoms with Gasteiger partial charge in [0.1, 0.15) is 0 Å². The lowest BCUT2D eigenvalue weighted by Gasteiger charge is -2.27. The summed E-state index contributed by atoms with van der Waals surface area (Å²) in [6.45, 7) is 0.202. The van der Waals surface area contributed by atoms with Crippen LogP contribution in [-0.4, -0.2) is 49.5 Å². The molecule has 0 aliphatic heterocycles. The van der Waals surface area contributed by atoms with Gasteiger partial charge in [0.25, 0.3) is 5.91 Å². The van der Waals surface area contributed by atoms with Crippen LogP contribution in [0.5, 0.6) is 0 Å². The second-order valence-electron chi connectivity index (χ2n) is 9.30. The van der Waals surface area contributed by atoms with E-state index >= 15 is 0 Å². The molecule has 3 aromatic carbocycles. The first-order chi connectivity index (χ1) is 17.7. The first-order valence-electron chi connectivity index (χ1n) is 12.3. The van der Waals surface area contributed by atoms with Gasteiger partial charge in [-0.2, -0.15) is 0 Å². The Morgan fingerprint density at radius 2 is 1.68 bits per heavy atom. The number of benzene rings is 3. The summed E-state index contributed by atoms with van der Waals surface area (Å²) in [6.07, 6.45) is 2.26. The van der Waals surface area contributed by atoms with E-state index in [1.165, 1.54) is 11.1 Å². The van der Waals surface area contributed by atoms with Crippen LogP contribution in [-0.2, 0) is 22.9 Å². The molecule has 1 aliphatic carbocycles. The van der Waals surface area contributed by atoms with Crippen LogP contribution in [0.1, 0.15) is 46.0 Å². The Kier molecular flexibility index (Phi) is 10.7. The summed E-state index contributed by atoms with van der Waals surface area (Å²) in [7, 11) is -3.78. The molecule has 0 unspecified atom stereocenters. The highest BCUT2D eigenvalue weighted by molar-refractivity contribution is 7.90. The fourth-order valence-corrected chi connectivity index (χ4v) is 5.65. The Morgan fingerprint density at radius 3 is 2.37 bits per heavy atom. The molecular formula is C28H32Cl2N2O5S. The number of hydrogen-bond donors (Lipinski definition) is 4. The number of nitrogens with one attached hydrogen (secondary N) is 2. The number of hydrogen-bond acceptors (Lipinski definition) is 6.